The summed E-state index contributed by atoms with van der Waals surface area (Å²) in [6, 6.07) is 10.9. The monoisotopic (exact) mass is 427 g/mol. The van der Waals surface area contributed by atoms with E-state index in [0.29, 0.717) is 11.1 Å². The summed E-state index contributed by atoms with van der Waals surface area (Å²) in [5.74, 6) is -1.08. The van der Waals surface area contributed by atoms with E-state index in [0.717, 1.165) is 26.9 Å². The van der Waals surface area contributed by atoms with E-state index in [1.54, 1.807) is 29.8 Å². The van der Waals surface area contributed by atoms with E-state index in [4.69, 9.17) is 0 Å². The van der Waals surface area contributed by atoms with E-state index in [1.807, 2.05) is 0 Å². The first kappa shape index (κ1) is 19.3. The molecule has 0 aliphatic carbocycles. The molecule has 1 N–H and O–H groups in total. The van der Waals surface area contributed by atoms with Crippen LogP contribution >= 0.6 is 23.1 Å². The van der Waals surface area contributed by atoms with Gasteiger partial charge in [0.15, 0.2) is 0 Å². The predicted octanol–water partition coefficient (Wildman–Crippen LogP) is 3.90. The third-order valence-corrected chi connectivity index (χ3v) is 5.95. The molecule has 146 valence electrons. The highest BCUT2D eigenvalue weighted by atomic mass is 32.2. The molecule has 1 aromatic heterocycles. The van der Waals surface area contributed by atoms with Crippen LogP contribution < -0.4 is 5.32 Å². The second-order valence-corrected chi connectivity index (χ2v) is 8.06. The van der Waals surface area contributed by atoms with Crippen molar-refractivity contribution in [1.82, 2.24) is 15.2 Å². The van der Waals surface area contributed by atoms with Crippen LogP contribution in [0.3, 0.4) is 0 Å². The lowest BCUT2D eigenvalue weighted by atomic mass is 10.2. The molecule has 4 rings (SSSR count). The fourth-order valence-electron chi connectivity index (χ4n) is 2.78. The number of aromatic nitrogens is 1. The molecule has 0 bridgehead atoms. The van der Waals surface area contributed by atoms with E-state index in [9.17, 15) is 18.8 Å². The van der Waals surface area contributed by atoms with Crippen LogP contribution in [-0.2, 0) is 4.79 Å². The minimum absolute atomic E-state index is 0.0694. The lowest BCUT2D eigenvalue weighted by Crippen LogP contribution is -2.37. The first-order chi connectivity index (χ1) is 14.0. The van der Waals surface area contributed by atoms with E-state index in [-0.39, 0.29) is 29.7 Å². The number of carbonyl (C=O) groups excluding carboxylic acids is 3. The Bertz CT molecular complexity index is 1140. The minimum atomic E-state index is -0.426. The fourth-order valence-corrected chi connectivity index (χ4v) is 4.36. The molecule has 29 heavy (non-hydrogen) atoms. The normalized spacial score (nSPS) is 15.5. The van der Waals surface area contributed by atoms with Crippen molar-refractivity contribution in [1.29, 1.82) is 0 Å². The highest BCUT2D eigenvalue weighted by molar-refractivity contribution is 8.18. The van der Waals surface area contributed by atoms with Gasteiger partial charge in [0.1, 0.15) is 5.82 Å². The number of carbonyl (C=O) groups is 3. The van der Waals surface area contributed by atoms with Gasteiger partial charge in [-0.2, -0.15) is 0 Å². The fraction of sp³-hybridized carbons (Fsp3) is 0.100. The number of nitrogens with one attached hydrogen (secondary N) is 1. The van der Waals surface area contributed by atoms with Crippen LogP contribution in [0.15, 0.2) is 52.9 Å². The highest BCUT2D eigenvalue weighted by Gasteiger charge is 2.34. The summed E-state index contributed by atoms with van der Waals surface area (Å²) in [5, 5.41) is 2.32. The first-order valence-electron chi connectivity index (χ1n) is 8.63. The number of thiazole rings is 1. The van der Waals surface area contributed by atoms with Gasteiger partial charge in [0.2, 0.25) is 0 Å². The Hall–Kier alpha value is -3.04. The predicted molar refractivity (Wildman–Crippen MR) is 111 cm³/mol. The van der Waals surface area contributed by atoms with Gasteiger partial charge in [-0.05, 0) is 53.7 Å². The number of amides is 3. The standard InChI is InChI=1S/C20H14FN3O3S2/c21-14-4-1-12(2-5-14)9-17-19(26)24(20(27)29-17)8-7-22-18(25)13-3-6-15-16(10-13)28-11-23-15/h1-6,9-11H,7-8H2,(H,22,25)/b17-9-. The molecule has 2 aromatic carbocycles. The van der Waals surface area contributed by atoms with Crippen molar-refractivity contribution in [3.05, 3.63) is 69.8 Å². The topological polar surface area (TPSA) is 79.4 Å². The second kappa shape index (κ2) is 8.14. The smallest absolute Gasteiger partial charge is 0.293 e. The molecule has 0 saturated carbocycles. The summed E-state index contributed by atoms with van der Waals surface area (Å²) >= 11 is 2.27. The van der Waals surface area contributed by atoms with Crippen molar-refractivity contribution in [2.45, 2.75) is 0 Å². The van der Waals surface area contributed by atoms with Gasteiger partial charge in [-0.1, -0.05) is 12.1 Å². The van der Waals surface area contributed by atoms with Gasteiger partial charge >= 0.3 is 0 Å². The number of nitrogens with zero attached hydrogens (tertiary/aromatic N) is 2. The Balaban J connectivity index is 1.36. The maximum absolute atomic E-state index is 13.0. The number of imide groups is 1. The second-order valence-electron chi connectivity index (χ2n) is 6.18. The third kappa shape index (κ3) is 4.20. The molecule has 0 atom stereocenters. The first-order valence-corrected chi connectivity index (χ1v) is 10.3. The Morgan fingerprint density at radius 1 is 1.17 bits per heavy atom. The summed E-state index contributed by atoms with van der Waals surface area (Å²) in [6.07, 6.45) is 1.55. The van der Waals surface area contributed by atoms with Crippen molar-refractivity contribution in [2.75, 3.05) is 13.1 Å². The molecule has 6 nitrogen and oxygen atoms in total. The van der Waals surface area contributed by atoms with E-state index in [2.05, 4.69) is 10.3 Å². The van der Waals surface area contributed by atoms with Gasteiger partial charge < -0.3 is 5.32 Å². The zero-order valence-electron chi connectivity index (χ0n) is 14.9. The molecule has 3 aromatic rings. The molecular formula is C20H14FN3O3S2. The van der Waals surface area contributed by atoms with Gasteiger partial charge in [-0.15, -0.1) is 11.3 Å². The number of halogens is 1. The van der Waals surface area contributed by atoms with Gasteiger partial charge in [0, 0.05) is 18.7 Å². The molecule has 0 radical (unpaired) electrons. The van der Waals surface area contributed by atoms with Crippen LogP contribution in [0.5, 0.6) is 0 Å². The molecule has 1 fully saturated rings. The quantitative estimate of drug-likeness (QED) is 0.625. The highest BCUT2D eigenvalue weighted by Crippen LogP contribution is 2.31. The molecule has 0 unspecified atom stereocenters. The summed E-state index contributed by atoms with van der Waals surface area (Å²) < 4.78 is 13.9. The molecule has 0 spiro atoms. The van der Waals surface area contributed by atoms with Crippen molar-refractivity contribution in [3.8, 4) is 0 Å². The average Bonchev–Trinajstić information content (AvgIpc) is 3.28. The average molecular weight is 427 g/mol. The van der Waals surface area contributed by atoms with Gasteiger partial charge in [-0.25, -0.2) is 9.37 Å². The maximum Gasteiger partial charge on any atom is 0.293 e. The summed E-state index contributed by atoms with van der Waals surface area (Å²) in [7, 11) is 0. The van der Waals surface area contributed by atoms with Crippen molar-refractivity contribution in [3.63, 3.8) is 0 Å². The minimum Gasteiger partial charge on any atom is -0.350 e. The van der Waals surface area contributed by atoms with Gasteiger partial charge in [0.25, 0.3) is 17.1 Å². The Morgan fingerprint density at radius 2 is 1.97 bits per heavy atom. The lowest BCUT2D eigenvalue weighted by Gasteiger charge is -2.13. The molecule has 1 aliphatic heterocycles. The number of rotatable bonds is 5. The van der Waals surface area contributed by atoms with Crippen molar-refractivity contribution < 1.29 is 18.8 Å². The molecule has 2 heterocycles. The maximum atomic E-state index is 13.0. The largest absolute Gasteiger partial charge is 0.350 e. The van der Waals surface area contributed by atoms with Crippen LogP contribution in [-0.4, -0.2) is 40.0 Å². The van der Waals surface area contributed by atoms with E-state index in [1.165, 1.54) is 35.6 Å². The van der Waals surface area contributed by atoms with Crippen LogP contribution in [0.1, 0.15) is 15.9 Å². The third-order valence-electron chi connectivity index (χ3n) is 4.26. The molecular weight excluding hydrogens is 413 g/mol. The van der Waals surface area contributed by atoms with Crippen LogP contribution in [0.2, 0.25) is 0 Å². The van der Waals surface area contributed by atoms with Crippen molar-refractivity contribution in [2.24, 2.45) is 0 Å². The molecule has 1 saturated heterocycles. The number of hydrogen-bond acceptors (Lipinski definition) is 6. The molecule has 9 heteroatoms. The Kier molecular flexibility index (Phi) is 5.41. The van der Waals surface area contributed by atoms with Crippen LogP contribution in [0.25, 0.3) is 16.3 Å². The SMILES string of the molecule is O=C(NCCN1C(=O)S/C(=C\c2ccc(F)cc2)C1=O)c1ccc2ncsc2c1. The zero-order chi connectivity index (χ0) is 20.4. The van der Waals surface area contributed by atoms with E-state index < -0.39 is 11.1 Å². The summed E-state index contributed by atoms with van der Waals surface area (Å²) in [6.45, 7) is 0.210. The summed E-state index contributed by atoms with van der Waals surface area (Å²) in [4.78, 5) is 42.5. The summed E-state index contributed by atoms with van der Waals surface area (Å²) in [5.41, 5.74) is 3.67. The van der Waals surface area contributed by atoms with Crippen LogP contribution in [0, 0.1) is 5.82 Å². The number of benzene rings is 2. The van der Waals surface area contributed by atoms with Gasteiger partial charge in [-0.3, -0.25) is 19.3 Å². The molecule has 3 amide bonds. The lowest BCUT2D eigenvalue weighted by molar-refractivity contribution is -0.122. The van der Waals surface area contributed by atoms with Crippen LogP contribution in [0.4, 0.5) is 9.18 Å². The van der Waals surface area contributed by atoms with Crippen molar-refractivity contribution >= 4 is 56.4 Å². The Morgan fingerprint density at radius 3 is 2.76 bits per heavy atom. The number of hydrogen-bond donors (Lipinski definition) is 1. The number of fused-ring (bicyclic) bond motifs is 1. The molecule has 1 aliphatic rings. The zero-order valence-corrected chi connectivity index (χ0v) is 16.6. The number of thioether (sulfide) groups is 1. The van der Waals surface area contributed by atoms with E-state index >= 15 is 0 Å². The Labute approximate surface area is 173 Å². The van der Waals surface area contributed by atoms with Gasteiger partial charge in [0.05, 0.1) is 20.6 Å².